The number of aliphatic hydroxyl groups is 19. The fourth-order valence-electron chi connectivity index (χ4n) is 13.4. The van der Waals surface area contributed by atoms with Crippen molar-refractivity contribution in [3.8, 4) is 0 Å². The van der Waals surface area contributed by atoms with E-state index in [2.05, 4.69) is 28.2 Å². The van der Waals surface area contributed by atoms with Crippen LogP contribution in [0.2, 0.25) is 0 Å². The summed E-state index contributed by atoms with van der Waals surface area (Å²) in [6.45, 7) is -4.55. The molecule has 0 aromatic carbocycles. The van der Waals surface area contributed by atoms with Gasteiger partial charge in [-0.2, -0.15) is 0 Å². The van der Waals surface area contributed by atoms with Crippen LogP contribution < -0.4 is 21.3 Å². The number of carbonyl (C=O) groups is 5. The molecule has 6 rings (SSSR count). The first-order valence-corrected chi connectivity index (χ1v) is 35.3. The number of rotatable bonds is 42. The molecule has 41 nitrogen and oxygen atoms in total. The molecule has 4 amide bonds. The molecular formula is C64H110N4O37. The Hall–Kier alpha value is -4.15. The van der Waals surface area contributed by atoms with Crippen molar-refractivity contribution < 1.29 is 183 Å². The van der Waals surface area contributed by atoms with Crippen molar-refractivity contribution in [3.05, 3.63) is 12.2 Å². The highest BCUT2D eigenvalue weighted by Crippen LogP contribution is 2.41. The normalized spacial score (nSPS) is 39.4. The quantitative estimate of drug-likeness (QED) is 0.0153. The standard InChI is InChI=1S/C64H110N4O37/c1-4-5-6-7-8-9-10-11-12-13-14-15-16-17-31(79)30(65-27-76)26-94-60-49(89)48(88)53(37(23-73)98-60)101-61-50(90)56(45(85)35(21-71)96-61)103-59-42(67-29(3)78)47(87)52(36(22-72)97-59)100-62-51(91)57(54(38(24-74)99-62)102-58-41(66-28(2)77)46(86)44(84)34(20-70)95-58)105-64(63(92)93)18-32(80)40(68-39(82)25-75)55(104-64)43(83)33(81)19-69/h16-17,27,30-38,40-62,69-75,79-81,83-91H,4-15,18-26H2,1-3H3,(H,65,76)(H,66,77)(H,67,78)(H,68,82)(H,92,93)/b17-16+/t30-,31+,32-,33+,34+,35+,36+,37+,38+,40+,41+,42+,43+,44-,45-,46+,47+,48+,49+,50+,51+,52+,53+,54-,55+,56-,57+,58-,59-,60+,61-,62-,64-/m0/s1. The third kappa shape index (κ3) is 23.5. The molecule has 0 unspecified atom stereocenters. The number of carbonyl (C=O) groups excluding carboxylic acids is 4. The second kappa shape index (κ2) is 43.4. The minimum absolute atomic E-state index is 0.313. The predicted octanol–water partition coefficient (Wildman–Crippen LogP) is -10.7. The van der Waals surface area contributed by atoms with Gasteiger partial charge in [-0.25, -0.2) is 4.79 Å². The SMILES string of the molecule is CCCCCCCCCCCCC/C=C/[C@@H](O)[C@H](CO[C@@H]1O[C@H](CO)[C@@H](O[C@@H]2O[C@H](CO)[C@H](O)[C@H](O[C@@H]3O[C@H](CO)[C@@H](O[C@@H]4O[C@H](CO)[C@H](O[C@@H]5O[C@H](CO)[C@H](O)[C@H](O)[C@H]5NC(C)=O)[C@H](O[C@]5(C(=O)O)C[C@H](O)[C@@H](NC(=O)CO)[C@H]([C@H](O)[C@H](O)CO)O5)[C@H]4O)[C@H](O)[C@H]3NC(C)=O)[C@H]2O)[C@H](O)[C@H]1O)NC=O. The molecule has 33 atom stereocenters. The topological polar surface area (TPSA) is 649 Å². The highest BCUT2D eigenvalue weighted by atomic mass is 16.8. The maximum Gasteiger partial charge on any atom is 0.364 e. The summed E-state index contributed by atoms with van der Waals surface area (Å²) in [6, 6.07) is -6.85. The summed E-state index contributed by atoms with van der Waals surface area (Å²) in [7, 11) is 0. The van der Waals surface area contributed by atoms with E-state index in [1.165, 1.54) is 51.0 Å². The van der Waals surface area contributed by atoms with E-state index in [4.69, 9.17) is 56.8 Å². The van der Waals surface area contributed by atoms with Crippen LogP contribution in [0.1, 0.15) is 104 Å². The van der Waals surface area contributed by atoms with Gasteiger partial charge in [0.05, 0.1) is 70.5 Å². The van der Waals surface area contributed by atoms with Crippen LogP contribution in [-0.2, 0) is 80.8 Å². The Kier molecular flexibility index (Phi) is 37.1. The van der Waals surface area contributed by atoms with Gasteiger partial charge in [0.15, 0.2) is 31.5 Å². The van der Waals surface area contributed by atoms with Gasteiger partial charge in [0.1, 0.15) is 147 Å². The lowest BCUT2D eigenvalue weighted by molar-refractivity contribution is -0.401. The number of carboxylic acids is 1. The van der Waals surface area contributed by atoms with Gasteiger partial charge in [0, 0.05) is 20.3 Å². The predicted molar refractivity (Wildman–Crippen MR) is 346 cm³/mol. The highest BCUT2D eigenvalue weighted by molar-refractivity contribution is 5.78. The maximum absolute atomic E-state index is 13.7. The number of nitrogens with one attached hydrogen (secondary N) is 4. The molecule has 24 N–H and O–H groups in total. The van der Waals surface area contributed by atoms with Gasteiger partial charge in [-0.3, -0.25) is 19.2 Å². The van der Waals surface area contributed by atoms with E-state index in [-0.39, 0.29) is 0 Å². The highest BCUT2D eigenvalue weighted by Gasteiger charge is 2.63. The van der Waals surface area contributed by atoms with Gasteiger partial charge < -0.3 is 180 Å². The Morgan fingerprint density at radius 2 is 0.981 bits per heavy atom. The molecule has 41 heteroatoms. The number of aliphatic hydroxyl groups excluding tert-OH is 19. The number of allylic oxidation sites excluding steroid dienone is 1. The maximum atomic E-state index is 13.7. The first-order chi connectivity index (χ1) is 50.0. The molecule has 6 saturated heterocycles. The average molecular weight is 1530 g/mol. The third-order valence-electron chi connectivity index (χ3n) is 19.1. The molecule has 608 valence electrons. The molecule has 0 aromatic heterocycles. The van der Waals surface area contributed by atoms with Crippen LogP contribution in [0.3, 0.4) is 0 Å². The van der Waals surface area contributed by atoms with Crippen LogP contribution in [0.4, 0.5) is 0 Å². The van der Waals surface area contributed by atoms with E-state index in [0.29, 0.717) is 12.8 Å². The van der Waals surface area contributed by atoms with Crippen molar-refractivity contribution >= 4 is 30.1 Å². The summed E-state index contributed by atoms with van der Waals surface area (Å²) in [5.74, 6) is -8.78. The first kappa shape index (κ1) is 89.7. The lowest BCUT2D eigenvalue weighted by Crippen LogP contribution is -2.72. The number of aliphatic carboxylic acids is 1. The molecule has 6 fully saturated rings. The monoisotopic (exact) mass is 1530 g/mol. The molecule has 6 aliphatic rings. The van der Waals surface area contributed by atoms with Crippen LogP contribution in [0, 0.1) is 0 Å². The fourth-order valence-corrected chi connectivity index (χ4v) is 13.4. The molecule has 105 heavy (non-hydrogen) atoms. The average Bonchev–Trinajstić information content (AvgIpc) is 0.744. The van der Waals surface area contributed by atoms with Crippen molar-refractivity contribution in [1.29, 1.82) is 0 Å². The molecule has 0 aromatic rings. The van der Waals surface area contributed by atoms with Crippen molar-refractivity contribution in [3.63, 3.8) is 0 Å². The Labute approximate surface area is 603 Å². The van der Waals surface area contributed by atoms with Gasteiger partial charge in [-0.15, -0.1) is 0 Å². The van der Waals surface area contributed by atoms with E-state index in [9.17, 15) is 126 Å². The second-order valence-corrected chi connectivity index (χ2v) is 26.9. The van der Waals surface area contributed by atoms with E-state index < -0.39 is 285 Å². The van der Waals surface area contributed by atoms with Gasteiger partial charge in [-0.1, -0.05) is 83.3 Å². The van der Waals surface area contributed by atoms with Crippen LogP contribution in [0.5, 0.6) is 0 Å². The van der Waals surface area contributed by atoms with Crippen molar-refractivity contribution in [1.82, 2.24) is 21.3 Å². The molecule has 0 spiro atoms. The lowest BCUT2D eigenvalue weighted by atomic mass is 9.88. The molecule has 6 heterocycles. The summed E-state index contributed by atoms with van der Waals surface area (Å²) < 4.78 is 70.9. The molecule has 0 radical (unpaired) electrons. The molecule has 0 bridgehead atoms. The zero-order valence-corrected chi connectivity index (χ0v) is 58.4. The van der Waals surface area contributed by atoms with Crippen molar-refractivity contribution in [2.75, 3.05) is 52.9 Å². The number of hydrogen-bond donors (Lipinski definition) is 24. The van der Waals surface area contributed by atoms with Crippen LogP contribution in [0.15, 0.2) is 12.2 Å². The summed E-state index contributed by atoms with van der Waals surface area (Å²) >= 11 is 0. The Morgan fingerprint density at radius 1 is 0.514 bits per heavy atom. The summed E-state index contributed by atoms with van der Waals surface area (Å²) in [5.41, 5.74) is 0. The first-order valence-electron chi connectivity index (χ1n) is 35.3. The Bertz CT molecular complexity index is 2630. The zero-order valence-electron chi connectivity index (χ0n) is 58.4. The molecule has 6 aliphatic heterocycles. The number of unbranched alkanes of at least 4 members (excludes halogenated alkanes) is 11. The summed E-state index contributed by atoms with van der Waals surface area (Å²) in [5, 5.41) is 230. The number of ether oxygens (including phenoxy) is 12. The Morgan fingerprint density at radius 3 is 1.50 bits per heavy atom. The Balaban J connectivity index is 1.22. The third-order valence-corrected chi connectivity index (χ3v) is 19.1. The van der Waals surface area contributed by atoms with E-state index in [0.717, 1.165) is 39.5 Å². The van der Waals surface area contributed by atoms with Gasteiger partial charge in [-0.05, 0) is 12.8 Å². The number of amides is 4. The van der Waals surface area contributed by atoms with E-state index >= 15 is 0 Å². The summed E-state index contributed by atoms with van der Waals surface area (Å²) in [4.78, 5) is 63.3. The van der Waals surface area contributed by atoms with E-state index in [1.807, 2.05) is 0 Å². The zero-order chi connectivity index (χ0) is 77.6. The number of hydrogen-bond acceptors (Lipinski definition) is 36. The molecule has 0 saturated carbocycles. The van der Waals surface area contributed by atoms with Crippen molar-refractivity contribution in [2.24, 2.45) is 0 Å². The van der Waals surface area contributed by atoms with Crippen LogP contribution in [0.25, 0.3) is 0 Å². The van der Waals surface area contributed by atoms with Crippen molar-refractivity contribution in [2.45, 2.75) is 306 Å². The summed E-state index contributed by atoms with van der Waals surface area (Å²) in [6.07, 6.45) is -43.1. The number of carboxylic acid groups (broad SMARTS) is 1. The van der Waals surface area contributed by atoms with Gasteiger partial charge in [0.25, 0.3) is 5.79 Å². The van der Waals surface area contributed by atoms with Crippen LogP contribution in [-0.4, -0.2) is 387 Å². The van der Waals surface area contributed by atoms with Gasteiger partial charge >= 0.3 is 5.97 Å². The lowest BCUT2D eigenvalue weighted by Gasteiger charge is -2.52. The second-order valence-electron chi connectivity index (χ2n) is 26.9. The van der Waals surface area contributed by atoms with E-state index in [1.54, 1.807) is 6.08 Å². The van der Waals surface area contributed by atoms with Crippen LogP contribution >= 0.6 is 0 Å². The minimum Gasteiger partial charge on any atom is -0.477 e. The molecule has 0 aliphatic carbocycles. The fraction of sp³-hybridized carbons (Fsp3) is 0.891. The van der Waals surface area contributed by atoms with Gasteiger partial charge in [0.2, 0.25) is 24.1 Å². The minimum atomic E-state index is -3.45. The smallest absolute Gasteiger partial charge is 0.364 e. The molecular weight excluding hydrogens is 1420 g/mol. The largest absolute Gasteiger partial charge is 0.477 e.